The lowest BCUT2D eigenvalue weighted by molar-refractivity contribution is -0.141. The zero-order chi connectivity index (χ0) is 23.0. The molecule has 0 bridgehead atoms. The Bertz CT molecular complexity index is 1300. The van der Waals surface area contributed by atoms with Crippen molar-refractivity contribution in [3.8, 4) is 11.1 Å². The number of nitrogen functional groups attached to an aromatic ring is 1. The minimum Gasteiger partial charge on any atom is -0.390 e. The van der Waals surface area contributed by atoms with Crippen molar-refractivity contribution in [2.75, 3.05) is 10.6 Å². The highest BCUT2D eigenvalue weighted by Gasteiger charge is 2.33. The Labute approximate surface area is 178 Å². The maximum atomic E-state index is 13.0. The van der Waals surface area contributed by atoms with E-state index in [1.54, 1.807) is 18.2 Å². The summed E-state index contributed by atoms with van der Waals surface area (Å²) in [5.74, 6) is -0.0692. The molecule has 0 saturated carbocycles. The van der Waals surface area contributed by atoms with Crippen molar-refractivity contribution >= 4 is 28.9 Å². The Morgan fingerprint density at radius 3 is 2.50 bits per heavy atom. The molecule has 0 aliphatic heterocycles. The summed E-state index contributed by atoms with van der Waals surface area (Å²) in [6.07, 6.45) is -3.41. The molecule has 0 aliphatic rings. The Hall–Kier alpha value is -4.19. The van der Waals surface area contributed by atoms with E-state index in [1.165, 1.54) is 29.0 Å². The number of nitrogens with two attached hydrogens (primary N) is 2. The second kappa shape index (κ2) is 7.81. The number of anilines is 3. The van der Waals surface area contributed by atoms with Gasteiger partial charge in [0.15, 0.2) is 5.82 Å². The first-order chi connectivity index (χ1) is 15.2. The van der Waals surface area contributed by atoms with Gasteiger partial charge in [0.05, 0.1) is 18.0 Å². The number of hydrogen-bond acceptors (Lipinski definition) is 6. The van der Waals surface area contributed by atoms with Crippen LogP contribution in [0.25, 0.3) is 16.6 Å². The topological polar surface area (TPSA) is 136 Å². The monoisotopic (exact) mass is 443 g/mol. The Balaban J connectivity index is 1.77. The number of carbonyl (C=O) groups excluding carboxylic acids is 1. The van der Waals surface area contributed by atoms with E-state index in [0.29, 0.717) is 22.3 Å². The smallest absolute Gasteiger partial charge is 0.390 e. The Morgan fingerprint density at radius 2 is 1.88 bits per heavy atom. The fourth-order valence-corrected chi connectivity index (χ4v) is 3.33. The molecule has 5 N–H and O–H groups in total. The molecule has 3 aromatic heterocycles. The highest BCUT2D eigenvalue weighted by Crippen LogP contribution is 2.34. The van der Waals surface area contributed by atoms with Gasteiger partial charge >= 0.3 is 12.2 Å². The number of aliphatic hydroxyl groups excluding tert-OH is 1. The van der Waals surface area contributed by atoms with Crippen LogP contribution in [0.4, 0.5) is 35.3 Å². The van der Waals surface area contributed by atoms with E-state index in [1.807, 2.05) is 0 Å². The van der Waals surface area contributed by atoms with E-state index in [-0.39, 0.29) is 23.9 Å². The van der Waals surface area contributed by atoms with Gasteiger partial charge in [-0.1, -0.05) is 18.2 Å². The predicted molar refractivity (Wildman–Crippen MR) is 110 cm³/mol. The number of hydrogen-bond donors (Lipinski definition) is 3. The van der Waals surface area contributed by atoms with Gasteiger partial charge < -0.3 is 16.6 Å². The number of aromatic nitrogens is 4. The summed E-state index contributed by atoms with van der Waals surface area (Å²) < 4.78 is 40.6. The number of fused-ring (bicyclic) bond motifs is 1. The zero-order valence-electron chi connectivity index (χ0n) is 16.3. The number of amides is 2. The van der Waals surface area contributed by atoms with Gasteiger partial charge in [0.2, 0.25) is 0 Å². The Kier molecular flexibility index (Phi) is 5.14. The summed E-state index contributed by atoms with van der Waals surface area (Å²) >= 11 is 0. The van der Waals surface area contributed by atoms with Crippen LogP contribution in [0.5, 0.6) is 0 Å². The number of benzene rings is 1. The first kappa shape index (κ1) is 21.1. The van der Waals surface area contributed by atoms with E-state index in [4.69, 9.17) is 11.5 Å². The lowest BCUT2D eigenvalue weighted by Crippen LogP contribution is -2.32. The molecule has 0 fully saturated rings. The predicted octanol–water partition coefficient (Wildman–Crippen LogP) is 3.10. The van der Waals surface area contributed by atoms with Crippen molar-refractivity contribution in [1.82, 2.24) is 19.6 Å². The number of rotatable bonds is 4. The lowest BCUT2D eigenvalue weighted by atomic mass is 10.1. The molecule has 0 unspecified atom stereocenters. The van der Waals surface area contributed by atoms with E-state index >= 15 is 0 Å². The van der Waals surface area contributed by atoms with Crippen molar-refractivity contribution in [3.63, 3.8) is 0 Å². The molecular weight excluding hydrogens is 427 g/mol. The third-order valence-electron chi connectivity index (χ3n) is 4.73. The number of aliphatic hydroxyl groups is 1. The van der Waals surface area contributed by atoms with Crippen molar-refractivity contribution in [1.29, 1.82) is 0 Å². The van der Waals surface area contributed by atoms with Crippen molar-refractivity contribution in [2.45, 2.75) is 12.8 Å². The fourth-order valence-electron chi connectivity index (χ4n) is 3.33. The number of nitrogens with zero attached hydrogens (tertiary/aromatic N) is 5. The fraction of sp³-hybridized carbons (Fsp3) is 0.100. The van der Waals surface area contributed by atoms with Crippen LogP contribution in [-0.2, 0) is 12.8 Å². The summed E-state index contributed by atoms with van der Waals surface area (Å²) in [7, 11) is 0. The van der Waals surface area contributed by atoms with Crippen LogP contribution < -0.4 is 16.4 Å². The molecule has 2 amide bonds. The maximum Gasteiger partial charge on any atom is 0.433 e. The molecular formula is C20H16F3N7O2. The summed E-state index contributed by atoms with van der Waals surface area (Å²) in [6, 6.07) is 10.1. The number of alkyl halides is 3. The normalized spacial score (nSPS) is 11.6. The van der Waals surface area contributed by atoms with Crippen molar-refractivity contribution in [3.05, 3.63) is 66.2 Å². The molecule has 4 aromatic rings. The summed E-state index contributed by atoms with van der Waals surface area (Å²) in [6.45, 7) is -0.285. The van der Waals surface area contributed by atoms with Gasteiger partial charge in [0.25, 0.3) is 0 Å². The molecule has 0 atom stereocenters. The first-order valence-corrected chi connectivity index (χ1v) is 9.17. The van der Waals surface area contributed by atoms with Crippen LogP contribution in [0.2, 0.25) is 0 Å². The van der Waals surface area contributed by atoms with Gasteiger partial charge in [0.1, 0.15) is 23.4 Å². The molecule has 1 aromatic carbocycles. The molecule has 0 spiro atoms. The maximum absolute atomic E-state index is 13.0. The molecule has 164 valence electrons. The van der Waals surface area contributed by atoms with Gasteiger partial charge in [-0.25, -0.2) is 24.2 Å². The van der Waals surface area contributed by atoms with E-state index < -0.39 is 17.9 Å². The van der Waals surface area contributed by atoms with Crippen LogP contribution >= 0.6 is 0 Å². The van der Waals surface area contributed by atoms with Gasteiger partial charge in [-0.05, 0) is 35.9 Å². The van der Waals surface area contributed by atoms with Gasteiger partial charge in [-0.3, -0.25) is 0 Å². The first-order valence-electron chi connectivity index (χ1n) is 9.17. The SMILES string of the molecule is NC(=O)N(c1ccc(-c2cc(CO)n3ncnc(N)c23)cc1)c1cccc(C(F)(F)F)n1. The molecule has 12 heteroatoms. The zero-order valence-corrected chi connectivity index (χ0v) is 16.3. The molecule has 4 rings (SSSR count). The molecule has 0 aliphatic carbocycles. The summed E-state index contributed by atoms with van der Waals surface area (Å²) in [4.78, 5) is 20.4. The van der Waals surface area contributed by atoms with Crippen LogP contribution in [0.3, 0.4) is 0 Å². The number of pyridine rings is 1. The second-order valence-electron chi connectivity index (χ2n) is 6.71. The van der Waals surface area contributed by atoms with Crippen LogP contribution in [0.15, 0.2) is 54.9 Å². The van der Waals surface area contributed by atoms with E-state index in [9.17, 15) is 23.1 Å². The molecule has 3 heterocycles. The summed E-state index contributed by atoms with van der Waals surface area (Å²) in [5.41, 5.74) is 12.7. The highest BCUT2D eigenvalue weighted by atomic mass is 19.4. The minimum absolute atomic E-state index is 0.200. The van der Waals surface area contributed by atoms with Crippen molar-refractivity contribution in [2.24, 2.45) is 5.73 Å². The average Bonchev–Trinajstić information content (AvgIpc) is 3.14. The standard InChI is InChI=1S/C20H16F3N7O2/c21-20(22,23)15-2-1-3-16(28-15)29(19(25)32)12-6-4-11(5-7-12)14-8-13(9-31)30-17(14)18(24)26-10-27-30/h1-8,10,31H,9H2,(H2,25,32)(H2,24,26,27). The largest absolute Gasteiger partial charge is 0.433 e. The third kappa shape index (κ3) is 3.67. The summed E-state index contributed by atoms with van der Waals surface area (Å²) in [5, 5.41) is 13.7. The Morgan fingerprint density at radius 1 is 1.16 bits per heavy atom. The van der Waals surface area contributed by atoms with Gasteiger partial charge in [0, 0.05) is 5.56 Å². The minimum atomic E-state index is -4.67. The van der Waals surface area contributed by atoms with Gasteiger partial charge in [-0.2, -0.15) is 18.3 Å². The van der Waals surface area contributed by atoms with E-state index in [0.717, 1.165) is 17.0 Å². The quantitative estimate of drug-likeness (QED) is 0.444. The second-order valence-corrected chi connectivity index (χ2v) is 6.71. The molecule has 9 nitrogen and oxygen atoms in total. The highest BCUT2D eigenvalue weighted by molar-refractivity contribution is 5.98. The van der Waals surface area contributed by atoms with Crippen molar-refractivity contribution < 1.29 is 23.1 Å². The molecule has 32 heavy (non-hydrogen) atoms. The van der Waals surface area contributed by atoms with E-state index in [2.05, 4.69) is 15.1 Å². The number of primary amides is 1. The lowest BCUT2D eigenvalue weighted by Gasteiger charge is -2.20. The van der Waals surface area contributed by atoms with Gasteiger partial charge in [-0.15, -0.1) is 0 Å². The average molecular weight is 443 g/mol. The van der Waals surface area contributed by atoms with Crippen LogP contribution in [0.1, 0.15) is 11.4 Å². The molecule has 0 saturated heterocycles. The molecule has 0 radical (unpaired) electrons. The van der Waals surface area contributed by atoms with Crippen LogP contribution in [-0.4, -0.2) is 30.7 Å². The number of carbonyl (C=O) groups is 1. The number of halogens is 3. The third-order valence-corrected chi connectivity index (χ3v) is 4.73. The number of urea groups is 1. The van der Waals surface area contributed by atoms with Crippen LogP contribution in [0, 0.1) is 0 Å².